The van der Waals surface area contributed by atoms with Crippen LogP contribution in [0.15, 0.2) is 78.9 Å². The molecule has 32 heavy (non-hydrogen) atoms. The molecule has 0 unspecified atom stereocenters. The fourth-order valence-corrected chi connectivity index (χ4v) is 5.55. The predicted octanol–water partition coefficient (Wildman–Crippen LogP) is 5.61. The number of nitrogens with zero attached hydrogens (tertiary/aromatic N) is 1. The number of Topliss-reactive ketones (excluding diaryl/α,β-unsaturated/α-hetero) is 1. The molecule has 0 aromatic heterocycles. The fraction of sp³-hybridized carbons (Fsp3) is 0.286. The first kappa shape index (κ1) is 20.6. The lowest BCUT2D eigenvalue weighted by atomic mass is 9.62. The van der Waals surface area contributed by atoms with Gasteiger partial charge >= 0.3 is 0 Å². The molecule has 0 radical (unpaired) electrons. The van der Waals surface area contributed by atoms with Crippen LogP contribution in [0.2, 0.25) is 0 Å². The quantitative estimate of drug-likeness (QED) is 0.531. The monoisotopic (exact) mass is 427 g/mol. The number of carbonyl (C=O) groups excluding carboxylic acids is 2. The molecular weight excluding hydrogens is 401 g/mol. The Kier molecular flexibility index (Phi) is 5.38. The van der Waals surface area contributed by atoms with Crippen molar-refractivity contribution in [3.05, 3.63) is 101 Å². The van der Waals surface area contributed by atoms with E-state index in [2.05, 4.69) is 18.2 Å². The Bertz CT molecular complexity index is 1140. The van der Waals surface area contributed by atoms with Crippen LogP contribution in [0.1, 0.15) is 42.4 Å². The van der Waals surface area contributed by atoms with E-state index in [1.54, 1.807) is 12.1 Å². The first-order valence-corrected chi connectivity index (χ1v) is 11.3. The third-order valence-corrected chi connectivity index (χ3v) is 7.06. The van der Waals surface area contributed by atoms with Crippen LogP contribution in [-0.2, 0) is 28.0 Å². The zero-order valence-electron chi connectivity index (χ0n) is 18.0. The van der Waals surface area contributed by atoms with E-state index in [9.17, 15) is 14.0 Å². The molecule has 1 heterocycles. The zero-order chi connectivity index (χ0) is 22.1. The van der Waals surface area contributed by atoms with Crippen LogP contribution in [0.3, 0.4) is 0 Å². The van der Waals surface area contributed by atoms with Gasteiger partial charge in [0.15, 0.2) is 0 Å². The fourth-order valence-electron chi connectivity index (χ4n) is 5.55. The number of benzene rings is 3. The van der Waals surface area contributed by atoms with Crippen LogP contribution in [0.25, 0.3) is 0 Å². The molecule has 1 aliphatic carbocycles. The second-order valence-corrected chi connectivity index (χ2v) is 9.00. The number of carbonyl (C=O) groups is 2. The van der Waals surface area contributed by atoms with Crippen molar-refractivity contribution in [3.63, 3.8) is 0 Å². The van der Waals surface area contributed by atoms with Crippen LogP contribution in [0.4, 0.5) is 10.1 Å². The minimum atomic E-state index is -0.770. The summed E-state index contributed by atoms with van der Waals surface area (Å²) in [5, 5.41) is 0. The van der Waals surface area contributed by atoms with Crippen molar-refractivity contribution in [1.29, 1.82) is 0 Å². The number of fused-ring (bicyclic) bond motifs is 1. The standard InChI is InChI=1S/C28H26FNO2/c29-23-15-13-21(14-16-23)19-30-26-12-5-4-11-25(26)28(27(30)32,18-20-7-2-1-3-8-20)22-9-6-10-24(31)17-22/h1-5,7-8,11-16,22H,6,9-10,17-19H2/t22-,28-/m0/s1. The molecule has 1 amide bonds. The van der Waals surface area contributed by atoms with E-state index >= 15 is 0 Å². The van der Waals surface area contributed by atoms with Gasteiger partial charge in [0, 0.05) is 18.5 Å². The Hall–Kier alpha value is -3.27. The summed E-state index contributed by atoms with van der Waals surface area (Å²) in [6.45, 7) is 0.382. The lowest BCUT2D eigenvalue weighted by Crippen LogP contribution is -2.48. The average Bonchev–Trinajstić information content (AvgIpc) is 3.05. The van der Waals surface area contributed by atoms with E-state index in [-0.39, 0.29) is 23.4 Å². The molecule has 3 aromatic rings. The minimum Gasteiger partial charge on any atom is -0.307 e. The summed E-state index contributed by atoms with van der Waals surface area (Å²) in [7, 11) is 0. The molecule has 1 saturated carbocycles. The second-order valence-electron chi connectivity index (χ2n) is 9.00. The molecule has 1 fully saturated rings. The largest absolute Gasteiger partial charge is 0.307 e. The second kappa shape index (κ2) is 8.34. The SMILES string of the molecule is O=C1CCC[C@H]([C@]2(Cc3ccccc3)C(=O)N(Cc3ccc(F)cc3)c3ccccc32)C1. The van der Waals surface area contributed by atoms with Gasteiger partial charge in [-0.25, -0.2) is 4.39 Å². The molecule has 162 valence electrons. The number of halogens is 1. The highest BCUT2D eigenvalue weighted by atomic mass is 19.1. The van der Waals surface area contributed by atoms with E-state index in [1.165, 1.54) is 12.1 Å². The van der Waals surface area contributed by atoms with Gasteiger partial charge < -0.3 is 4.90 Å². The molecule has 0 spiro atoms. The number of hydrogen-bond donors (Lipinski definition) is 0. The van der Waals surface area contributed by atoms with Crippen molar-refractivity contribution in [2.24, 2.45) is 5.92 Å². The lowest BCUT2D eigenvalue weighted by Gasteiger charge is -2.39. The summed E-state index contributed by atoms with van der Waals surface area (Å²) in [6.07, 6.45) is 3.31. The van der Waals surface area contributed by atoms with Crippen LogP contribution < -0.4 is 4.90 Å². The van der Waals surface area contributed by atoms with Gasteiger partial charge in [0.05, 0.1) is 12.0 Å². The molecule has 3 nitrogen and oxygen atoms in total. The molecule has 0 bridgehead atoms. The van der Waals surface area contributed by atoms with Crippen LogP contribution in [-0.4, -0.2) is 11.7 Å². The predicted molar refractivity (Wildman–Crippen MR) is 123 cm³/mol. The van der Waals surface area contributed by atoms with Gasteiger partial charge in [0.2, 0.25) is 5.91 Å². The third kappa shape index (κ3) is 3.54. The smallest absolute Gasteiger partial charge is 0.238 e. The Balaban J connectivity index is 1.62. The summed E-state index contributed by atoms with van der Waals surface area (Å²) in [4.78, 5) is 28.6. The maximum Gasteiger partial charge on any atom is 0.238 e. The number of amides is 1. The van der Waals surface area contributed by atoms with Gasteiger partial charge in [-0.2, -0.15) is 0 Å². The van der Waals surface area contributed by atoms with Crippen molar-refractivity contribution in [2.75, 3.05) is 4.90 Å². The topological polar surface area (TPSA) is 37.4 Å². The van der Waals surface area contributed by atoms with Crippen LogP contribution in [0.5, 0.6) is 0 Å². The highest BCUT2D eigenvalue weighted by molar-refractivity contribution is 6.09. The molecule has 2 aliphatic rings. The molecular formula is C28H26FNO2. The normalized spacial score (nSPS) is 22.8. The molecule has 0 N–H and O–H groups in total. The highest BCUT2D eigenvalue weighted by Crippen LogP contribution is 2.52. The molecule has 0 saturated heterocycles. The van der Waals surface area contributed by atoms with Crippen molar-refractivity contribution < 1.29 is 14.0 Å². The first-order chi connectivity index (χ1) is 15.6. The van der Waals surface area contributed by atoms with E-state index in [4.69, 9.17) is 0 Å². The molecule has 5 rings (SSSR count). The average molecular weight is 428 g/mol. The zero-order valence-corrected chi connectivity index (χ0v) is 18.0. The number of hydrogen-bond acceptors (Lipinski definition) is 2. The van der Waals surface area contributed by atoms with Gasteiger partial charge in [-0.3, -0.25) is 9.59 Å². The molecule has 1 aliphatic heterocycles. The van der Waals surface area contributed by atoms with Crippen molar-refractivity contribution in [3.8, 4) is 0 Å². The van der Waals surface area contributed by atoms with Crippen molar-refractivity contribution in [2.45, 2.75) is 44.1 Å². The minimum absolute atomic E-state index is 0.0316. The van der Waals surface area contributed by atoms with Gasteiger partial charge in [-0.05, 0) is 60.1 Å². The summed E-state index contributed by atoms with van der Waals surface area (Å²) < 4.78 is 13.4. The molecule has 2 atom stereocenters. The van der Waals surface area contributed by atoms with E-state index in [0.717, 1.165) is 35.2 Å². The lowest BCUT2D eigenvalue weighted by molar-refractivity contribution is -0.128. The summed E-state index contributed by atoms with van der Waals surface area (Å²) >= 11 is 0. The van der Waals surface area contributed by atoms with Crippen molar-refractivity contribution >= 4 is 17.4 Å². The van der Waals surface area contributed by atoms with Gasteiger partial charge in [0.25, 0.3) is 0 Å². The van der Waals surface area contributed by atoms with Gasteiger partial charge in [0.1, 0.15) is 11.6 Å². The number of para-hydroxylation sites is 1. The van der Waals surface area contributed by atoms with Crippen LogP contribution in [0, 0.1) is 11.7 Å². The first-order valence-electron chi connectivity index (χ1n) is 11.3. The van der Waals surface area contributed by atoms with Crippen molar-refractivity contribution in [1.82, 2.24) is 0 Å². The van der Waals surface area contributed by atoms with E-state index in [1.807, 2.05) is 41.3 Å². The van der Waals surface area contributed by atoms with E-state index in [0.29, 0.717) is 25.8 Å². The van der Waals surface area contributed by atoms with Gasteiger partial charge in [-0.1, -0.05) is 60.7 Å². The molecule has 4 heteroatoms. The summed E-state index contributed by atoms with van der Waals surface area (Å²) in [5.74, 6) is -0.0283. The Morgan fingerprint density at radius 1 is 0.875 bits per heavy atom. The summed E-state index contributed by atoms with van der Waals surface area (Å²) in [5.41, 5.74) is 3.11. The Labute approximate surface area is 187 Å². The maximum atomic E-state index is 14.3. The summed E-state index contributed by atoms with van der Waals surface area (Å²) in [6, 6.07) is 24.4. The number of anilines is 1. The Morgan fingerprint density at radius 2 is 1.59 bits per heavy atom. The van der Waals surface area contributed by atoms with E-state index < -0.39 is 5.41 Å². The molecule has 3 aromatic carbocycles. The van der Waals surface area contributed by atoms with Crippen LogP contribution >= 0.6 is 0 Å². The number of ketones is 1. The van der Waals surface area contributed by atoms with Gasteiger partial charge in [-0.15, -0.1) is 0 Å². The maximum absolute atomic E-state index is 14.3. The third-order valence-electron chi connectivity index (χ3n) is 7.06. The highest BCUT2D eigenvalue weighted by Gasteiger charge is 2.55. The number of rotatable bonds is 5. The Morgan fingerprint density at radius 3 is 2.34 bits per heavy atom.